The van der Waals surface area contributed by atoms with Gasteiger partial charge in [-0.3, -0.25) is 4.99 Å². The molecule has 2 N–H and O–H groups in total. The second kappa shape index (κ2) is 9.87. The van der Waals surface area contributed by atoms with Crippen LogP contribution in [0, 0.1) is 0 Å². The van der Waals surface area contributed by atoms with Gasteiger partial charge in [0.1, 0.15) is 5.01 Å². The summed E-state index contributed by atoms with van der Waals surface area (Å²) in [6, 6.07) is 11.6. The van der Waals surface area contributed by atoms with Crippen molar-refractivity contribution in [3.8, 4) is 5.69 Å². The monoisotopic (exact) mass is 522 g/mol. The van der Waals surface area contributed by atoms with Crippen molar-refractivity contribution < 1.29 is 13.2 Å². The van der Waals surface area contributed by atoms with Crippen LogP contribution in [-0.4, -0.2) is 27.8 Å². The molecule has 3 rings (SSSR count). The van der Waals surface area contributed by atoms with E-state index < -0.39 is 11.9 Å². The van der Waals surface area contributed by atoms with E-state index in [-0.39, 0.29) is 30.5 Å². The minimum absolute atomic E-state index is 0. The summed E-state index contributed by atoms with van der Waals surface area (Å²) < 4.78 is 39.5. The quantitative estimate of drug-likeness (QED) is 0.304. The van der Waals surface area contributed by atoms with E-state index in [9.17, 15) is 13.2 Å². The molecule has 0 bridgehead atoms. The number of nitrogens with one attached hydrogen (secondary N) is 2. The van der Waals surface area contributed by atoms with Gasteiger partial charge in [0.2, 0.25) is 0 Å². The second-order valence-corrected chi connectivity index (χ2v) is 6.43. The predicted molar refractivity (Wildman–Crippen MR) is 113 cm³/mol. The zero-order valence-corrected chi connectivity index (χ0v) is 17.9. The average Bonchev–Trinajstić information content (AvgIpc) is 3.32. The van der Waals surface area contributed by atoms with Crippen LogP contribution in [0.15, 0.2) is 53.0 Å². The van der Waals surface area contributed by atoms with Crippen LogP contribution in [0.1, 0.15) is 16.4 Å². The maximum atomic E-state index is 12.6. The molecule has 28 heavy (non-hydrogen) atoms. The van der Waals surface area contributed by atoms with Crippen LogP contribution < -0.4 is 10.6 Å². The normalized spacial score (nSPS) is 11.8. The standard InChI is InChI=1S/C17H17F3N6S.HI/c1-21-16(23-10-15-24-14(11-27-15)17(18,19)20)22-9-12-7-8-26(25-12)13-5-3-2-4-6-13;/h2-8,11H,9-10H2,1H3,(H2,21,22,23);1H. The smallest absolute Gasteiger partial charge is 0.351 e. The third kappa shape index (κ3) is 5.92. The van der Waals surface area contributed by atoms with Crippen molar-refractivity contribution in [2.75, 3.05) is 7.05 Å². The molecule has 6 nitrogen and oxygen atoms in total. The Kier molecular flexibility index (Phi) is 7.80. The van der Waals surface area contributed by atoms with Crippen molar-refractivity contribution in [2.24, 2.45) is 4.99 Å². The maximum Gasteiger partial charge on any atom is 0.434 e. The number of nitrogens with zero attached hydrogens (tertiary/aromatic N) is 4. The van der Waals surface area contributed by atoms with Crippen LogP contribution in [0.25, 0.3) is 5.69 Å². The Balaban J connectivity index is 0.00000280. The fourth-order valence-electron chi connectivity index (χ4n) is 2.26. The van der Waals surface area contributed by atoms with E-state index in [4.69, 9.17) is 0 Å². The van der Waals surface area contributed by atoms with Crippen molar-refractivity contribution in [3.05, 3.63) is 64.4 Å². The van der Waals surface area contributed by atoms with Crippen molar-refractivity contribution in [3.63, 3.8) is 0 Å². The second-order valence-electron chi connectivity index (χ2n) is 5.49. The zero-order chi connectivity index (χ0) is 19.3. The van der Waals surface area contributed by atoms with E-state index in [0.717, 1.165) is 28.1 Å². The summed E-state index contributed by atoms with van der Waals surface area (Å²) >= 11 is 0.952. The number of halogens is 4. The summed E-state index contributed by atoms with van der Waals surface area (Å²) in [5.41, 5.74) is 0.879. The molecule has 150 valence electrons. The van der Waals surface area contributed by atoms with Crippen LogP contribution in [-0.2, 0) is 19.3 Å². The molecular weight excluding hydrogens is 504 g/mol. The summed E-state index contributed by atoms with van der Waals surface area (Å²) in [5, 5.41) is 11.8. The third-order valence-electron chi connectivity index (χ3n) is 3.57. The highest BCUT2D eigenvalue weighted by Crippen LogP contribution is 2.29. The Morgan fingerprint density at radius 1 is 1.14 bits per heavy atom. The molecule has 0 unspecified atom stereocenters. The Labute approximate surface area is 180 Å². The summed E-state index contributed by atoms with van der Waals surface area (Å²) in [6.07, 6.45) is -2.57. The largest absolute Gasteiger partial charge is 0.434 e. The number of hydrogen-bond donors (Lipinski definition) is 2. The summed E-state index contributed by atoms with van der Waals surface area (Å²) in [4.78, 5) is 7.63. The van der Waals surface area contributed by atoms with Crippen LogP contribution in [0.5, 0.6) is 0 Å². The van der Waals surface area contributed by atoms with Gasteiger partial charge in [-0.1, -0.05) is 18.2 Å². The van der Waals surface area contributed by atoms with Crippen molar-refractivity contribution in [1.82, 2.24) is 25.4 Å². The lowest BCUT2D eigenvalue weighted by Crippen LogP contribution is -2.36. The first-order chi connectivity index (χ1) is 13.0. The highest BCUT2D eigenvalue weighted by atomic mass is 127. The number of benzene rings is 1. The van der Waals surface area contributed by atoms with Crippen LogP contribution >= 0.6 is 35.3 Å². The fraction of sp³-hybridized carbons (Fsp3) is 0.235. The number of alkyl halides is 3. The molecular formula is C17H18F3IN6S. The van der Waals surface area contributed by atoms with Gasteiger partial charge in [0, 0.05) is 18.6 Å². The summed E-state index contributed by atoms with van der Waals surface area (Å²) in [7, 11) is 1.58. The van der Waals surface area contributed by atoms with Gasteiger partial charge in [-0.15, -0.1) is 35.3 Å². The lowest BCUT2D eigenvalue weighted by molar-refractivity contribution is -0.140. The lowest BCUT2D eigenvalue weighted by Gasteiger charge is -2.09. The molecule has 0 aliphatic rings. The van der Waals surface area contributed by atoms with Gasteiger partial charge >= 0.3 is 6.18 Å². The number of aromatic nitrogens is 3. The van der Waals surface area contributed by atoms with E-state index in [0.29, 0.717) is 17.5 Å². The lowest BCUT2D eigenvalue weighted by atomic mass is 10.3. The molecule has 1 aromatic carbocycles. The van der Waals surface area contributed by atoms with Crippen LogP contribution in [0.4, 0.5) is 13.2 Å². The first kappa shape index (κ1) is 22.1. The Bertz CT molecular complexity index is 907. The Morgan fingerprint density at radius 3 is 2.50 bits per heavy atom. The molecule has 3 aromatic rings. The Morgan fingerprint density at radius 2 is 1.86 bits per heavy atom. The SMILES string of the molecule is CN=C(NCc1ccn(-c2ccccc2)n1)NCc1nc(C(F)(F)F)cs1.I. The van der Waals surface area contributed by atoms with Crippen LogP contribution in [0.3, 0.4) is 0 Å². The summed E-state index contributed by atoms with van der Waals surface area (Å²) in [6.45, 7) is 0.573. The van der Waals surface area contributed by atoms with E-state index >= 15 is 0 Å². The van der Waals surface area contributed by atoms with E-state index in [1.807, 2.05) is 42.6 Å². The molecule has 0 amide bonds. The van der Waals surface area contributed by atoms with Gasteiger partial charge in [-0.25, -0.2) is 9.67 Å². The summed E-state index contributed by atoms with van der Waals surface area (Å²) in [5.74, 6) is 0.452. The zero-order valence-electron chi connectivity index (χ0n) is 14.8. The number of guanidine groups is 1. The average molecular weight is 522 g/mol. The van der Waals surface area contributed by atoms with Gasteiger partial charge in [0.05, 0.1) is 24.5 Å². The number of rotatable bonds is 5. The van der Waals surface area contributed by atoms with E-state index in [1.54, 1.807) is 11.7 Å². The number of hydrogen-bond acceptors (Lipinski definition) is 4. The van der Waals surface area contributed by atoms with Crippen molar-refractivity contribution in [2.45, 2.75) is 19.3 Å². The van der Waals surface area contributed by atoms with E-state index in [2.05, 4.69) is 25.7 Å². The van der Waals surface area contributed by atoms with Gasteiger partial charge in [0.25, 0.3) is 0 Å². The molecule has 0 aliphatic carbocycles. The van der Waals surface area contributed by atoms with Gasteiger partial charge in [-0.2, -0.15) is 18.3 Å². The molecule has 0 saturated carbocycles. The molecule has 0 atom stereocenters. The minimum atomic E-state index is -4.42. The molecule has 2 heterocycles. The maximum absolute atomic E-state index is 12.6. The number of thiazole rings is 1. The van der Waals surface area contributed by atoms with Crippen molar-refractivity contribution >= 4 is 41.3 Å². The van der Waals surface area contributed by atoms with Crippen LogP contribution in [0.2, 0.25) is 0 Å². The highest BCUT2D eigenvalue weighted by Gasteiger charge is 2.33. The fourth-order valence-corrected chi connectivity index (χ4v) is 3.00. The highest BCUT2D eigenvalue weighted by molar-refractivity contribution is 14.0. The molecule has 0 spiro atoms. The molecule has 11 heteroatoms. The molecule has 0 aliphatic heterocycles. The number of aliphatic imine (C=N–C) groups is 1. The first-order valence-electron chi connectivity index (χ1n) is 8.02. The first-order valence-corrected chi connectivity index (χ1v) is 8.90. The molecule has 0 radical (unpaired) electrons. The predicted octanol–water partition coefficient (Wildman–Crippen LogP) is 3.83. The van der Waals surface area contributed by atoms with Gasteiger partial charge in [-0.05, 0) is 18.2 Å². The topological polar surface area (TPSA) is 67.1 Å². The third-order valence-corrected chi connectivity index (χ3v) is 4.42. The van der Waals surface area contributed by atoms with Gasteiger partial charge in [0.15, 0.2) is 11.7 Å². The van der Waals surface area contributed by atoms with Gasteiger partial charge < -0.3 is 10.6 Å². The van der Waals surface area contributed by atoms with E-state index in [1.165, 1.54) is 0 Å². The minimum Gasteiger partial charge on any atom is -0.351 e. The van der Waals surface area contributed by atoms with Crippen molar-refractivity contribution in [1.29, 1.82) is 0 Å². The number of para-hydroxylation sites is 1. The molecule has 0 fully saturated rings. The Hall–Kier alpha value is -2.15. The molecule has 2 aromatic heterocycles. The molecule has 0 saturated heterocycles.